The Morgan fingerprint density at radius 3 is 2.53 bits per heavy atom. The number of H-pyrrole nitrogens is 1. The molecule has 5 aromatic rings. The third kappa shape index (κ3) is 4.82. The van der Waals surface area contributed by atoms with Crippen LogP contribution >= 0.6 is 0 Å². The van der Waals surface area contributed by atoms with E-state index in [2.05, 4.69) is 25.3 Å². The molecule has 0 saturated heterocycles. The van der Waals surface area contributed by atoms with Gasteiger partial charge in [0.25, 0.3) is 0 Å². The Hall–Kier alpha value is -4.51. The SMILES string of the molecule is CN(c1ncccc1Cn1ccc2cnc(Nc3ccc(-c4ccc(=O)[nH]c4)cc3)nc21)S(C)(=O)=O. The molecule has 5 rings (SSSR count). The molecule has 4 aromatic heterocycles. The Balaban J connectivity index is 1.40. The second-order valence-corrected chi connectivity index (χ2v) is 10.3. The zero-order valence-corrected chi connectivity index (χ0v) is 20.4. The highest BCUT2D eigenvalue weighted by Gasteiger charge is 2.18. The molecule has 0 spiro atoms. The third-order valence-electron chi connectivity index (χ3n) is 5.76. The minimum atomic E-state index is -3.45. The first-order valence-corrected chi connectivity index (χ1v) is 12.9. The lowest BCUT2D eigenvalue weighted by atomic mass is 10.1. The van der Waals surface area contributed by atoms with E-state index in [-0.39, 0.29) is 5.56 Å². The number of aromatic nitrogens is 5. The summed E-state index contributed by atoms with van der Waals surface area (Å²) in [5.41, 5.74) is 3.99. The molecule has 0 atom stereocenters. The van der Waals surface area contributed by atoms with Gasteiger partial charge in [-0.3, -0.25) is 9.10 Å². The normalized spacial score (nSPS) is 11.5. The van der Waals surface area contributed by atoms with E-state index in [4.69, 9.17) is 0 Å². The summed E-state index contributed by atoms with van der Waals surface area (Å²) in [6.07, 6.45) is 8.02. The van der Waals surface area contributed by atoms with Crippen LogP contribution in [-0.2, 0) is 16.6 Å². The van der Waals surface area contributed by atoms with Gasteiger partial charge in [0.1, 0.15) is 11.5 Å². The van der Waals surface area contributed by atoms with Crippen molar-refractivity contribution in [1.82, 2.24) is 24.5 Å². The number of pyridine rings is 2. The quantitative estimate of drug-likeness (QED) is 0.350. The van der Waals surface area contributed by atoms with E-state index in [1.807, 2.05) is 47.2 Å². The van der Waals surface area contributed by atoms with Crippen LogP contribution < -0.4 is 15.2 Å². The van der Waals surface area contributed by atoms with Crippen molar-refractivity contribution in [3.63, 3.8) is 0 Å². The standard InChI is InChI=1S/C25H23N7O3S/c1-31(36(2,34)35)23-20(4-3-12-26-23)16-32-13-11-19-15-28-25(30-24(19)32)29-21-8-5-17(6-9-21)18-7-10-22(33)27-14-18/h3-15H,16H2,1-2H3,(H,27,33)(H,28,29,30). The van der Waals surface area contributed by atoms with Crippen LogP contribution in [0.2, 0.25) is 0 Å². The van der Waals surface area contributed by atoms with Crippen molar-refractivity contribution in [2.24, 2.45) is 0 Å². The van der Waals surface area contributed by atoms with Gasteiger partial charge >= 0.3 is 0 Å². The Morgan fingerprint density at radius 1 is 1.03 bits per heavy atom. The average Bonchev–Trinajstić information content (AvgIpc) is 3.26. The second kappa shape index (κ2) is 9.27. The highest BCUT2D eigenvalue weighted by atomic mass is 32.2. The summed E-state index contributed by atoms with van der Waals surface area (Å²) in [5, 5.41) is 4.08. The largest absolute Gasteiger partial charge is 0.328 e. The van der Waals surface area contributed by atoms with E-state index in [1.54, 1.807) is 30.7 Å². The van der Waals surface area contributed by atoms with Crippen LogP contribution in [-0.4, -0.2) is 46.2 Å². The van der Waals surface area contributed by atoms with Crippen molar-refractivity contribution >= 4 is 38.5 Å². The predicted molar refractivity (Wildman–Crippen MR) is 140 cm³/mol. The van der Waals surface area contributed by atoms with Gasteiger partial charge in [0.05, 0.1) is 12.8 Å². The highest BCUT2D eigenvalue weighted by Crippen LogP contribution is 2.24. The Kier molecular flexibility index (Phi) is 5.98. The molecule has 11 heteroatoms. The number of nitrogens with zero attached hydrogens (tertiary/aromatic N) is 5. The summed E-state index contributed by atoms with van der Waals surface area (Å²) in [6, 6.07) is 16.5. The molecule has 0 aliphatic rings. The van der Waals surface area contributed by atoms with Crippen molar-refractivity contribution in [1.29, 1.82) is 0 Å². The molecule has 0 bridgehead atoms. The van der Waals surface area contributed by atoms with E-state index >= 15 is 0 Å². The summed E-state index contributed by atoms with van der Waals surface area (Å²) < 4.78 is 27.2. The van der Waals surface area contributed by atoms with Crippen LogP contribution in [0.3, 0.4) is 0 Å². The zero-order valence-electron chi connectivity index (χ0n) is 19.6. The molecule has 4 heterocycles. The van der Waals surface area contributed by atoms with E-state index < -0.39 is 10.0 Å². The molecule has 36 heavy (non-hydrogen) atoms. The molecule has 0 aliphatic carbocycles. The van der Waals surface area contributed by atoms with Crippen molar-refractivity contribution in [3.05, 3.63) is 95.3 Å². The lowest BCUT2D eigenvalue weighted by Crippen LogP contribution is -2.27. The smallest absolute Gasteiger partial charge is 0.247 e. The number of fused-ring (bicyclic) bond motifs is 1. The fourth-order valence-electron chi connectivity index (χ4n) is 3.80. The Labute approximate surface area is 207 Å². The van der Waals surface area contributed by atoms with Gasteiger partial charge in [-0.05, 0) is 41.5 Å². The fourth-order valence-corrected chi connectivity index (χ4v) is 4.28. The first-order valence-electron chi connectivity index (χ1n) is 11.0. The average molecular weight is 502 g/mol. The Morgan fingerprint density at radius 2 is 1.81 bits per heavy atom. The van der Waals surface area contributed by atoms with Crippen LogP contribution in [0.4, 0.5) is 17.5 Å². The fraction of sp³-hybridized carbons (Fsp3) is 0.120. The van der Waals surface area contributed by atoms with E-state index in [0.717, 1.165) is 34.0 Å². The van der Waals surface area contributed by atoms with Crippen molar-refractivity contribution in [3.8, 4) is 11.1 Å². The molecule has 0 amide bonds. The summed E-state index contributed by atoms with van der Waals surface area (Å²) in [4.78, 5) is 27.4. The first kappa shape index (κ1) is 23.2. The predicted octanol–water partition coefficient (Wildman–Crippen LogP) is 3.37. The van der Waals surface area contributed by atoms with Gasteiger partial charge in [-0.1, -0.05) is 18.2 Å². The topological polar surface area (TPSA) is 126 Å². The van der Waals surface area contributed by atoms with Gasteiger partial charge in [-0.2, -0.15) is 4.98 Å². The van der Waals surface area contributed by atoms with Crippen LogP contribution in [0.1, 0.15) is 5.56 Å². The second-order valence-electron chi connectivity index (χ2n) is 8.28. The van der Waals surface area contributed by atoms with Gasteiger partial charge in [-0.25, -0.2) is 18.4 Å². The highest BCUT2D eigenvalue weighted by molar-refractivity contribution is 7.92. The van der Waals surface area contributed by atoms with Crippen LogP contribution in [0.25, 0.3) is 22.2 Å². The molecule has 0 aliphatic heterocycles. The number of anilines is 3. The summed E-state index contributed by atoms with van der Waals surface area (Å²) in [6.45, 7) is 0.386. The minimum Gasteiger partial charge on any atom is -0.328 e. The lowest BCUT2D eigenvalue weighted by Gasteiger charge is -2.19. The number of sulfonamides is 1. The van der Waals surface area contributed by atoms with Gasteiger partial charge in [-0.15, -0.1) is 0 Å². The molecular weight excluding hydrogens is 478 g/mol. The summed E-state index contributed by atoms with van der Waals surface area (Å²) >= 11 is 0. The molecule has 10 nitrogen and oxygen atoms in total. The molecule has 0 saturated carbocycles. The minimum absolute atomic E-state index is 0.142. The number of benzene rings is 1. The number of rotatable bonds is 7. The number of hydrogen-bond donors (Lipinski definition) is 2. The maximum atomic E-state index is 12.1. The van der Waals surface area contributed by atoms with Gasteiger partial charge in [0.2, 0.25) is 21.5 Å². The maximum absolute atomic E-state index is 12.1. The molecule has 1 aromatic carbocycles. The molecule has 0 fully saturated rings. The monoisotopic (exact) mass is 501 g/mol. The summed E-state index contributed by atoms with van der Waals surface area (Å²) in [5.74, 6) is 0.802. The lowest BCUT2D eigenvalue weighted by molar-refractivity contribution is 0.599. The van der Waals surface area contributed by atoms with Crippen LogP contribution in [0.5, 0.6) is 0 Å². The van der Waals surface area contributed by atoms with Crippen molar-refractivity contribution in [2.45, 2.75) is 6.54 Å². The maximum Gasteiger partial charge on any atom is 0.247 e. The number of aromatic amines is 1. The van der Waals surface area contributed by atoms with E-state index in [0.29, 0.717) is 24.0 Å². The van der Waals surface area contributed by atoms with Crippen LogP contribution in [0, 0.1) is 0 Å². The van der Waals surface area contributed by atoms with Crippen LogP contribution in [0.15, 0.2) is 84.2 Å². The van der Waals surface area contributed by atoms with Gasteiger partial charge in [0.15, 0.2) is 0 Å². The third-order valence-corrected chi connectivity index (χ3v) is 6.93. The number of hydrogen-bond acceptors (Lipinski definition) is 7. The van der Waals surface area contributed by atoms with Crippen molar-refractivity contribution in [2.75, 3.05) is 22.9 Å². The Bertz CT molecular complexity index is 1690. The molecule has 0 radical (unpaired) electrons. The molecule has 2 N–H and O–H groups in total. The van der Waals surface area contributed by atoms with Crippen molar-refractivity contribution < 1.29 is 8.42 Å². The van der Waals surface area contributed by atoms with E-state index in [1.165, 1.54) is 17.4 Å². The molecule has 182 valence electrons. The zero-order chi connectivity index (χ0) is 25.3. The number of nitrogens with one attached hydrogen (secondary N) is 2. The van der Waals surface area contributed by atoms with E-state index in [9.17, 15) is 13.2 Å². The first-order chi connectivity index (χ1) is 17.3. The van der Waals surface area contributed by atoms with Gasteiger partial charge in [0, 0.05) is 54.5 Å². The summed E-state index contributed by atoms with van der Waals surface area (Å²) in [7, 11) is -1.97. The molecule has 0 unspecified atom stereocenters. The van der Waals surface area contributed by atoms with Gasteiger partial charge < -0.3 is 14.9 Å². The molecular formula is C25H23N7O3S.